The van der Waals surface area contributed by atoms with Crippen molar-refractivity contribution in [1.29, 1.82) is 0 Å². The molecular formula is C23H25N3O4. The van der Waals surface area contributed by atoms with Gasteiger partial charge in [-0.2, -0.15) is 0 Å². The minimum atomic E-state index is -0.657. The zero-order valence-electron chi connectivity index (χ0n) is 16.8. The first-order chi connectivity index (χ1) is 14.4. The number of fused-ring (bicyclic) bond motifs is 3. The Morgan fingerprint density at radius 2 is 1.90 bits per heavy atom. The minimum Gasteiger partial charge on any atom is -0.390 e. The van der Waals surface area contributed by atoms with Gasteiger partial charge in [0.2, 0.25) is 0 Å². The first kappa shape index (κ1) is 19.2. The van der Waals surface area contributed by atoms with Crippen molar-refractivity contribution in [3.63, 3.8) is 0 Å². The quantitative estimate of drug-likeness (QED) is 0.608. The molecule has 1 N–H and O–H groups in total. The number of carbonyl (C=O) groups excluding carboxylic acids is 1. The Balaban J connectivity index is 1.29. The molecule has 1 saturated carbocycles. The molecule has 1 fully saturated rings. The maximum absolute atomic E-state index is 13.1. The van der Waals surface area contributed by atoms with Gasteiger partial charge in [-0.3, -0.25) is 19.8 Å². The number of rotatable bonds is 5. The number of nitro groups is 1. The maximum atomic E-state index is 13.1. The van der Waals surface area contributed by atoms with E-state index < -0.39 is 11.0 Å². The predicted octanol–water partition coefficient (Wildman–Crippen LogP) is 2.50. The van der Waals surface area contributed by atoms with Crippen molar-refractivity contribution >= 4 is 11.6 Å². The highest BCUT2D eigenvalue weighted by Gasteiger charge is 2.51. The van der Waals surface area contributed by atoms with E-state index in [0.717, 1.165) is 37.9 Å². The summed E-state index contributed by atoms with van der Waals surface area (Å²) in [5, 5.41) is 21.9. The van der Waals surface area contributed by atoms with Crippen LogP contribution in [-0.4, -0.2) is 58.0 Å². The van der Waals surface area contributed by atoms with Crippen LogP contribution in [0.25, 0.3) is 0 Å². The third-order valence-electron chi connectivity index (χ3n) is 6.76. The zero-order chi connectivity index (χ0) is 20.9. The molecule has 2 aliphatic heterocycles. The molecule has 1 spiro atoms. The lowest BCUT2D eigenvalue weighted by Gasteiger charge is -2.37. The Morgan fingerprint density at radius 3 is 2.63 bits per heavy atom. The zero-order valence-corrected chi connectivity index (χ0v) is 16.8. The topological polar surface area (TPSA) is 86.9 Å². The number of nitrogens with zero attached hydrogens (tertiary/aromatic N) is 3. The van der Waals surface area contributed by atoms with Crippen molar-refractivity contribution in [3.05, 3.63) is 74.8 Å². The molecule has 1 atom stereocenters. The third-order valence-corrected chi connectivity index (χ3v) is 6.76. The number of amides is 1. The average Bonchev–Trinajstić information content (AvgIpc) is 3.51. The lowest BCUT2D eigenvalue weighted by molar-refractivity contribution is -0.384. The molecule has 156 valence electrons. The van der Waals surface area contributed by atoms with Gasteiger partial charge in [-0.1, -0.05) is 30.3 Å². The summed E-state index contributed by atoms with van der Waals surface area (Å²) in [6.07, 6.45) is 2.25. The van der Waals surface area contributed by atoms with E-state index in [1.807, 2.05) is 6.07 Å². The Morgan fingerprint density at radius 1 is 1.13 bits per heavy atom. The van der Waals surface area contributed by atoms with E-state index in [1.54, 1.807) is 11.0 Å². The first-order valence-electron chi connectivity index (χ1n) is 10.5. The number of β-amino-alcohol motifs (C(OH)–C–C–N with tert-alkyl or cyclic N) is 1. The van der Waals surface area contributed by atoms with Gasteiger partial charge in [0.15, 0.2) is 0 Å². The average molecular weight is 407 g/mol. The van der Waals surface area contributed by atoms with Crippen molar-refractivity contribution in [3.8, 4) is 0 Å². The molecule has 5 rings (SSSR count). The molecule has 7 nitrogen and oxygen atoms in total. The summed E-state index contributed by atoms with van der Waals surface area (Å²) >= 11 is 0. The van der Waals surface area contributed by atoms with E-state index in [-0.39, 0.29) is 23.6 Å². The lowest BCUT2D eigenvalue weighted by Crippen LogP contribution is -2.49. The molecule has 1 amide bonds. The molecule has 3 aliphatic rings. The van der Waals surface area contributed by atoms with Crippen molar-refractivity contribution in [2.75, 3.05) is 26.2 Å². The van der Waals surface area contributed by atoms with Crippen LogP contribution in [0.5, 0.6) is 0 Å². The Kier molecular flexibility index (Phi) is 4.60. The molecular weight excluding hydrogens is 382 g/mol. The minimum absolute atomic E-state index is 0.0627. The van der Waals surface area contributed by atoms with E-state index in [2.05, 4.69) is 23.1 Å². The first-order valence-corrected chi connectivity index (χ1v) is 10.5. The summed E-state index contributed by atoms with van der Waals surface area (Å²) in [7, 11) is 0. The molecule has 2 heterocycles. The number of non-ortho nitro benzene ring substituents is 1. The molecule has 0 aromatic heterocycles. The van der Waals surface area contributed by atoms with E-state index in [9.17, 15) is 20.0 Å². The van der Waals surface area contributed by atoms with Crippen molar-refractivity contribution in [2.45, 2.75) is 37.3 Å². The van der Waals surface area contributed by atoms with Crippen LogP contribution in [0.2, 0.25) is 0 Å². The van der Waals surface area contributed by atoms with Gasteiger partial charge in [0.1, 0.15) is 0 Å². The summed E-state index contributed by atoms with van der Waals surface area (Å²) in [4.78, 5) is 27.7. The van der Waals surface area contributed by atoms with Gasteiger partial charge in [0, 0.05) is 50.3 Å². The molecule has 0 saturated heterocycles. The standard InChI is InChI=1S/C23H25N3O4/c27-19(13-24-10-7-16-3-1-2-4-17(16)12-24)14-25-15-23(8-9-23)21-6-5-18(26(29)30)11-20(21)22(25)28/h1-6,11,19,27H,7-10,12-15H2. The van der Waals surface area contributed by atoms with Gasteiger partial charge >= 0.3 is 0 Å². The van der Waals surface area contributed by atoms with E-state index in [4.69, 9.17) is 0 Å². The monoisotopic (exact) mass is 407 g/mol. The molecule has 0 radical (unpaired) electrons. The van der Waals surface area contributed by atoms with Gasteiger partial charge in [-0.15, -0.1) is 0 Å². The van der Waals surface area contributed by atoms with Gasteiger partial charge in [-0.25, -0.2) is 0 Å². The Labute approximate surface area is 175 Å². The number of hydrogen-bond acceptors (Lipinski definition) is 5. The SMILES string of the molecule is O=C1c2cc([N+](=O)[O-])ccc2C2(CC2)CN1CC(O)CN1CCc2ccccc2C1. The maximum Gasteiger partial charge on any atom is 0.270 e. The number of nitro benzene ring substituents is 1. The Hall–Kier alpha value is -2.77. The smallest absolute Gasteiger partial charge is 0.270 e. The number of benzene rings is 2. The van der Waals surface area contributed by atoms with Gasteiger partial charge in [0.05, 0.1) is 16.6 Å². The van der Waals surface area contributed by atoms with Crippen LogP contribution in [0.1, 0.15) is 39.9 Å². The summed E-state index contributed by atoms with van der Waals surface area (Å²) in [5.41, 5.74) is 3.85. The second kappa shape index (κ2) is 7.18. The van der Waals surface area contributed by atoms with E-state index >= 15 is 0 Å². The van der Waals surface area contributed by atoms with Crippen LogP contribution in [0.15, 0.2) is 42.5 Å². The van der Waals surface area contributed by atoms with Crippen molar-refractivity contribution in [2.24, 2.45) is 0 Å². The number of aliphatic hydroxyl groups excluding tert-OH is 1. The molecule has 0 bridgehead atoms. The third kappa shape index (κ3) is 3.38. The van der Waals surface area contributed by atoms with Gasteiger partial charge in [0.25, 0.3) is 11.6 Å². The molecule has 1 unspecified atom stereocenters. The highest BCUT2D eigenvalue weighted by atomic mass is 16.6. The molecule has 7 heteroatoms. The highest BCUT2D eigenvalue weighted by Crippen LogP contribution is 2.52. The number of hydrogen-bond donors (Lipinski definition) is 1. The van der Waals surface area contributed by atoms with Crippen molar-refractivity contribution < 1.29 is 14.8 Å². The predicted molar refractivity (Wildman–Crippen MR) is 111 cm³/mol. The van der Waals surface area contributed by atoms with E-state index in [0.29, 0.717) is 18.7 Å². The lowest BCUT2D eigenvalue weighted by atomic mass is 9.86. The summed E-state index contributed by atoms with van der Waals surface area (Å²) in [5.74, 6) is -0.214. The normalized spacial score (nSPS) is 20.6. The molecule has 2 aromatic carbocycles. The fourth-order valence-electron chi connectivity index (χ4n) is 5.02. The van der Waals surface area contributed by atoms with Crippen LogP contribution in [0.3, 0.4) is 0 Å². The van der Waals surface area contributed by atoms with Crippen LogP contribution < -0.4 is 0 Å². The summed E-state index contributed by atoms with van der Waals surface area (Å²) < 4.78 is 0. The number of carbonyl (C=O) groups is 1. The second-order valence-corrected chi connectivity index (χ2v) is 8.86. The van der Waals surface area contributed by atoms with Crippen molar-refractivity contribution in [1.82, 2.24) is 9.80 Å². The fraction of sp³-hybridized carbons (Fsp3) is 0.435. The number of aliphatic hydroxyl groups is 1. The van der Waals surface area contributed by atoms with Crippen LogP contribution in [0, 0.1) is 10.1 Å². The summed E-state index contributed by atoms with van der Waals surface area (Å²) in [6.45, 7) is 3.03. The molecule has 1 aliphatic carbocycles. The highest BCUT2D eigenvalue weighted by molar-refractivity contribution is 5.98. The Bertz CT molecular complexity index is 1020. The summed E-state index contributed by atoms with van der Waals surface area (Å²) in [6, 6.07) is 13.0. The van der Waals surface area contributed by atoms with Crippen LogP contribution >= 0.6 is 0 Å². The largest absolute Gasteiger partial charge is 0.390 e. The van der Waals surface area contributed by atoms with Gasteiger partial charge < -0.3 is 10.0 Å². The molecule has 2 aromatic rings. The second-order valence-electron chi connectivity index (χ2n) is 8.86. The van der Waals surface area contributed by atoms with E-state index in [1.165, 1.54) is 23.3 Å². The molecule has 30 heavy (non-hydrogen) atoms. The van der Waals surface area contributed by atoms with Crippen LogP contribution in [0.4, 0.5) is 5.69 Å². The van der Waals surface area contributed by atoms with Gasteiger partial charge in [-0.05, 0) is 36.0 Å². The fourth-order valence-corrected chi connectivity index (χ4v) is 5.02. The van der Waals surface area contributed by atoms with Crippen LogP contribution in [-0.2, 0) is 18.4 Å².